The van der Waals surface area contributed by atoms with Gasteiger partial charge in [-0.3, -0.25) is 4.79 Å². The normalized spacial score (nSPS) is 20.0. The Balaban J connectivity index is 1.79. The van der Waals surface area contributed by atoms with Crippen LogP contribution in [0.5, 0.6) is 0 Å². The molecule has 2 aliphatic rings. The highest BCUT2D eigenvalue weighted by atomic mass is 16.6. The summed E-state index contributed by atoms with van der Waals surface area (Å²) >= 11 is 0. The Bertz CT molecular complexity index is 450. The molecule has 0 atom stereocenters. The Morgan fingerprint density at radius 2 is 1.67 bits per heavy atom. The highest BCUT2D eigenvalue weighted by molar-refractivity contribution is 5.76. The van der Waals surface area contributed by atoms with Gasteiger partial charge in [-0.2, -0.15) is 0 Å². The molecule has 2 aliphatic heterocycles. The van der Waals surface area contributed by atoms with Crippen LogP contribution in [-0.4, -0.2) is 66.3 Å². The molecule has 1 spiro atoms. The van der Waals surface area contributed by atoms with E-state index >= 15 is 0 Å². The predicted molar refractivity (Wildman–Crippen MR) is 91.8 cm³/mol. The molecule has 0 radical (unpaired) electrons. The second-order valence-electron chi connectivity index (χ2n) is 7.94. The molecule has 138 valence electrons. The van der Waals surface area contributed by atoms with Crippen LogP contribution in [0, 0.1) is 0 Å². The molecule has 0 unspecified atom stereocenters. The number of methoxy groups -OCH3 is 1. The van der Waals surface area contributed by atoms with Crippen LogP contribution in [0.1, 0.15) is 59.3 Å². The van der Waals surface area contributed by atoms with Crippen LogP contribution in [0.15, 0.2) is 0 Å². The number of ether oxygens (including phenoxy) is 2. The van der Waals surface area contributed by atoms with Crippen LogP contribution in [0.3, 0.4) is 0 Å². The molecule has 6 heteroatoms. The standard InChI is InChI=1S/C18H32N2O4/c1-17(2,3)24-16(22)20-13-10-18(20)8-11-19(12-9-18)15(21)7-5-6-14-23-4/h5-14H2,1-4H3. The van der Waals surface area contributed by atoms with Crippen molar-refractivity contribution in [2.75, 3.05) is 33.4 Å². The lowest BCUT2D eigenvalue weighted by molar-refractivity contribution is -0.136. The van der Waals surface area contributed by atoms with Gasteiger partial charge in [0.25, 0.3) is 0 Å². The van der Waals surface area contributed by atoms with E-state index in [-0.39, 0.29) is 17.5 Å². The third-order valence-electron chi connectivity index (χ3n) is 5.02. The summed E-state index contributed by atoms with van der Waals surface area (Å²) in [6.07, 6.45) is 4.90. The predicted octanol–water partition coefficient (Wildman–Crippen LogP) is 2.81. The van der Waals surface area contributed by atoms with E-state index in [2.05, 4.69) is 0 Å². The van der Waals surface area contributed by atoms with Gasteiger partial charge in [0, 0.05) is 39.8 Å². The second-order valence-corrected chi connectivity index (χ2v) is 7.94. The largest absolute Gasteiger partial charge is 0.444 e. The summed E-state index contributed by atoms with van der Waals surface area (Å²) in [6.45, 7) is 8.62. The van der Waals surface area contributed by atoms with Crippen LogP contribution < -0.4 is 0 Å². The number of likely N-dealkylation sites (tertiary alicyclic amines) is 2. The number of piperidine rings is 1. The molecule has 2 amide bonds. The zero-order chi connectivity index (χ0) is 17.8. The average molecular weight is 340 g/mol. The van der Waals surface area contributed by atoms with Crippen molar-refractivity contribution in [3.63, 3.8) is 0 Å². The fourth-order valence-corrected chi connectivity index (χ4v) is 3.51. The fourth-order valence-electron chi connectivity index (χ4n) is 3.51. The molecule has 2 fully saturated rings. The monoisotopic (exact) mass is 340 g/mol. The number of hydrogen-bond donors (Lipinski definition) is 0. The van der Waals surface area contributed by atoms with E-state index in [1.54, 1.807) is 7.11 Å². The van der Waals surface area contributed by atoms with E-state index < -0.39 is 5.60 Å². The van der Waals surface area contributed by atoms with Crippen molar-refractivity contribution < 1.29 is 19.1 Å². The molecule has 2 heterocycles. The molecule has 0 bridgehead atoms. The molecular formula is C18H32N2O4. The Kier molecular flexibility index (Phi) is 6.12. The number of rotatable bonds is 5. The van der Waals surface area contributed by atoms with E-state index in [0.717, 1.165) is 51.7 Å². The van der Waals surface area contributed by atoms with Crippen molar-refractivity contribution >= 4 is 12.0 Å². The SMILES string of the molecule is COCCCCC(=O)N1CCC2(CC1)CCN2C(=O)OC(C)(C)C. The van der Waals surface area contributed by atoms with E-state index in [0.29, 0.717) is 13.0 Å². The van der Waals surface area contributed by atoms with Gasteiger partial charge in [0.1, 0.15) is 5.60 Å². The van der Waals surface area contributed by atoms with E-state index in [1.165, 1.54) is 0 Å². The highest BCUT2D eigenvalue weighted by Crippen LogP contribution is 2.40. The molecule has 0 aromatic heterocycles. The number of amides is 2. The van der Waals surface area contributed by atoms with Crippen LogP contribution in [-0.2, 0) is 14.3 Å². The number of carbonyl (C=O) groups is 2. The number of unbranched alkanes of at least 4 members (excludes halogenated alkanes) is 1. The first-order chi connectivity index (χ1) is 11.3. The Morgan fingerprint density at radius 1 is 1.04 bits per heavy atom. The van der Waals surface area contributed by atoms with Crippen molar-refractivity contribution in [1.82, 2.24) is 9.80 Å². The number of hydrogen-bond acceptors (Lipinski definition) is 4. The van der Waals surface area contributed by atoms with Gasteiger partial charge in [-0.1, -0.05) is 0 Å². The first-order valence-corrected chi connectivity index (χ1v) is 9.05. The molecule has 0 aromatic carbocycles. The second kappa shape index (κ2) is 7.72. The van der Waals surface area contributed by atoms with Crippen LogP contribution >= 0.6 is 0 Å². The lowest BCUT2D eigenvalue weighted by Crippen LogP contribution is -2.66. The van der Waals surface area contributed by atoms with Gasteiger partial charge in [0.05, 0.1) is 5.54 Å². The fraction of sp³-hybridized carbons (Fsp3) is 0.889. The van der Waals surface area contributed by atoms with Gasteiger partial charge in [-0.15, -0.1) is 0 Å². The molecule has 0 N–H and O–H groups in total. The topological polar surface area (TPSA) is 59.1 Å². The van der Waals surface area contributed by atoms with Gasteiger partial charge >= 0.3 is 6.09 Å². The maximum Gasteiger partial charge on any atom is 0.410 e. The third kappa shape index (κ3) is 4.62. The van der Waals surface area contributed by atoms with Gasteiger partial charge in [0.15, 0.2) is 0 Å². The van der Waals surface area contributed by atoms with Crippen LogP contribution in [0.25, 0.3) is 0 Å². The minimum absolute atomic E-state index is 0.0881. The Hall–Kier alpha value is -1.30. The van der Waals surface area contributed by atoms with Crippen molar-refractivity contribution in [1.29, 1.82) is 0 Å². The zero-order valence-corrected chi connectivity index (χ0v) is 15.6. The van der Waals surface area contributed by atoms with E-state index in [1.807, 2.05) is 30.6 Å². The van der Waals surface area contributed by atoms with Gasteiger partial charge in [-0.05, 0) is 52.9 Å². The van der Waals surface area contributed by atoms with Crippen molar-refractivity contribution in [3.05, 3.63) is 0 Å². The third-order valence-corrected chi connectivity index (χ3v) is 5.02. The molecule has 2 rings (SSSR count). The number of nitrogens with zero attached hydrogens (tertiary/aromatic N) is 2. The maximum absolute atomic E-state index is 12.3. The first kappa shape index (κ1) is 19.0. The molecule has 6 nitrogen and oxygen atoms in total. The lowest BCUT2D eigenvalue weighted by atomic mass is 9.76. The minimum Gasteiger partial charge on any atom is -0.444 e. The van der Waals surface area contributed by atoms with Crippen LogP contribution in [0.4, 0.5) is 4.79 Å². The van der Waals surface area contributed by atoms with Gasteiger partial charge < -0.3 is 19.3 Å². The summed E-state index contributed by atoms with van der Waals surface area (Å²) in [4.78, 5) is 28.4. The maximum atomic E-state index is 12.3. The Morgan fingerprint density at radius 3 is 2.17 bits per heavy atom. The molecular weight excluding hydrogens is 308 g/mol. The lowest BCUT2D eigenvalue weighted by Gasteiger charge is -2.56. The van der Waals surface area contributed by atoms with E-state index in [9.17, 15) is 9.59 Å². The van der Waals surface area contributed by atoms with Crippen molar-refractivity contribution in [2.45, 2.75) is 70.4 Å². The van der Waals surface area contributed by atoms with Gasteiger partial charge in [0.2, 0.25) is 5.91 Å². The number of carbonyl (C=O) groups excluding carboxylic acids is 2. The summed E-state index contributed by atoms with van der Waals surface area (Å²) in [5, 5.41) is 0. The highest BCUT2D eigenvalue weighted by Gasteiger charge is 2.50. The summed E-state index contributed by atoms with van der Waals surface area (Å²) in [5.74, 6) is 0.226. The molecule has 2 saturated heterocycles. The quantitative estimate of drug-likeness (QED) is 0.722. The zero-order valence-electron chi connectivity index (χ0n) is 15.6. The van der Waals surface area contributed by atoms with Crippen molar-refractivity contribution in [3.8, 4) is 0 Å². The molecule has 24 heavy (non-hydrogen) atoms. The van der Waals surface area contributed by atoms with Crippen LogP contribution in [0.2, 0.25) is 0 Å². The minimum atomic E-state index is -0.466. The molecule has 0 aliphatic carbocycles. The van der Waals surface area contributed by atoms with E-state index in [4.69, 9.17) is 9.47 Å². The average Bonchev–Trinajstić information content (AvgIpc) is 2.48. The van der Waals surface area contributed by atoms with Gasteiger partial charge in [-0.25, -0.2) is 4.79 Å². The summed E-state index contributed by atoms with van der Waals surface area (Å²) < 4.78 is 10.5. The molecule has 0 saturated carbocycles. The summed E-state index contributed by atoms with van der Waals surface area (Å²) in [5.41, 5.74) is -0.554. The Labute approximate surface area is 145 Å². The smallest absolute Gasteiger partial charge is 0.410 e. The summed E-state index contributed by atoms with van der Waals surface area (Å²) in [6, 6.07) is 0. The first-order valence-electron chi connectivity index (χ1n) is 9.05. The summed E-state index contributed by atoms with van der Waals surface area (Å²) in [7, 11) is 1.68. The van der Waals surface area contributed by atoms with Crippen molar-refractivity contribution in [2.24, 2.45) is 0 Å². The molecule has 0 aromatic rings.